The molecule has 1 unspecified atom stereocenters. The molecule has 0 saturated heterocycles. The zero-order chi connectivity index (χ0) is 12.3. The van der Waals surface area contributed by atoms with E-state index in [1.165, 1.54) is 0 Å². The van der Waals surface area contributed by atoms with Gasteiger partial charge in [0.05, 0.1) is 5.25 Å². The lowest BCUT2D eigenvalue weighted by atomic mass is 9.99. The van der Waals surface area contributed by atoms with Crippen LogP contribution in [-0.2, 0) is 0 Å². The van der Waals surface area contributed by atoms with Crippen LogP contribution in [0.15, 0.2) is 54.6 Å². The van der Waals surface area contributed by atoms with Crippen molar-refractivity contribution in [1.82, 2.24) is 0 Å². The third-order valence-corrected chi connectivity index (χ3v) is 3.30. The van der Waals surface area contributed by atoms with Crippen molar-refractivity contribution in [2.75, 3.05) is 0 Å². The van der Waals surface area contributed by atoms with Crippen molar-refractivity contribution < 1.29 is 4.79 Å². The molecule has 2 aromatic rings. The molecule has 0 aliphatic carbocycles. The van der Waals surface area contributed by atoms with Gasteiger partial charge in [-0.2, -0.15) is 12.6 Å². The molecule has 0 N–H and O–H groups in total. The summed E-state index contributed by atoms with van der Waals surface area (Å²) in [6.07, 6.45) is 0. The van der Waals surface area contributed by atoms with Gasteiger partial charge < -0.3 is 0 Å². The smallest absolute Gasteiger partial charge is 0.179 e. The summed E-state index contributed by atoms with van der Waals surface area (Å²) in [6, 6.07) is 17.1. The fourth-order valence-corrected chi connectivity index (χ4v) is 2.23. The van der Waals surface area contributed by atoms with Gasteiger partial charge in [-0.25, -0.2) is 0 Å². The van der Waals surface area contributed by atoms with Crippen LogP contribution in [0.25, 0.3) is 0 Å². The number of aryl methyl sites for hydroxylation is 1. The van der Waals surface area contributed by atoms with Gasteiger partial charge in [-0.15, -0.1) is 0 Å². The summed E-state index contributed by atoms with van der Waals surface area (Å²) >= 11 is 4.45. The minimum atomic E-state index is -0.390. The normalized spacial score (nSPS) is 12.1. The van der Waals surface area contributed by atoms with Crippen molar-refractivity contribution in [3.8, 4) is 0 Å². The number of ketones is 1. The highest BCUT2D eigenvalue weighted by atomic mass is 32.1. The molecule has 0 bridgehead atoms. The van der Waals surface area contributed by atoms with Crippen LogP contribution in [0.5, 0.6) is 0 Å². The number of thiol groups is 1. The SMILES string of the molecule is Cc1ccccc1C(S)C(=O)c1ccccc1. The maximum absolute atomic E-state index is 12.2. The van der Waals surface area contributed by atoms with E-state index in [4.69, 9.17) is 0 Å². The van der Waals surface area contributed by atoms with Crippen molar-refractivity contribution in [3.05, 3.63) is 71.3 Å². The number of benzene rings is 2. The fraction of sp³-hybridized carbons (Fsp3) is 0.133. The van der Waals surface area contributed by atoms with Crippen molar-refractivity contribution in [1.29, 1.82) is 0 Å². The maximum Gasteiger partial charge on any atom is 0.179 e. The van der Waals surface area contributed by atoms with Crippen molar-refractivity contribution in [3.63, 3.8) is 0 Å². The summed E-state index contributed by atoms with van der Waals surface area (Å²) in [5.74, 6) is 0.0447. The van der Waals surface area contributed by atoms with Crippen LogP contribution < -0.4 is 0 Å². The van der Waals surface area contributed by atoms with E-state index in [0.717, 1.165) is 11.1 Å². The number of rotatable bonds is 3. The van der Waals surface area contributed by atoms with Crippen LogP contribution in [0.4, 0.5) is 0 Å². The third kappa shape index (κ3) is 2.59. The largest absolute Gasteiger partial charge is 0.293 e. The molecule has 0 heterocycles. The summed E-state index contributed by atoms with van der Waals surface area (Å²) < 4.78 is 0. The molecular weight excluding hydrogens is 228 g/mol. The molecule has 0 aliphatic heterocycles. The standard InChI is InChI=1S/C15H14OS/c1-11-7-5-6-10-13(11)15(17)14(16)12-8-3-2-4-9-12/h2-10,15,17H,1H3. The summed E-state index contributed by atoms with van der Waals surface area (Å²) in [5, 5.41) is -0.390. The average Bonchev–Trinajstić information content (AvgIpc) is 2.39. The van der Waals surface area contributed by atoms with Gasteiger partial charge in [-0.3, -0.25) is 4.79 Å². The molecular formula is C15H14OS. The van der Waals surface area contributed by atoms with E-state index in [1.807, 2.05) is 61.5 Å². The van der Waals surface area contributed by atoms with Crippen molar-refractivity contribution in [2.24, 2.45) is 0 Å². The number of Topliss-reactive ketones (excluding diaryl/α,β-unsaturated/α-hetero) is 1. The Balaban J connectivity index is 2.30. The van der Waals surface area contributed by atoms with E-state index in [1.54, 1.807) is 0 Å². The Morgan fingerprint density at radius 1 is 1.00 bits per heavy atom. The number of carbonyl (C=O) groups is 1. The molecule has 0 amide bonds. The zero-order valence-corrected chi connectivity index (χ0v) is 10.5. The van der Waals surface area contributed by atoms with E-state index < -0.39 is 5.25 Å². The second-order valence-electron chi connectivity index (χ2n) is 3.99. The van der Waals surface area contributed by atoms with Gasteiger partial charge in [0.2, 0.25) is 0 Å². The second-order valence-corrected chi connectivity index (χ2v) is 4.51. The first-order valence-corrected chi connectivity index (χ1v) is 6.04. The number of carbonyl (C=O) groups excluding carboxylic acids is 1. The minimum Gasteiger partial charge on any atom is -0.293 e. The number of hydrogen-bond acceptors (Lipinski definition) is 2. The predicted molar refractivity (Wildman–Crippen MR) is 73.7 cm³/mol. The van der Waals surface area contributed by atoms with Gasteiger partial charge >= 0.3 is 0 Å². The summed E-state index contributed by atoms with van der Waals surface area (Å²) in [7, 11) is 0. The molecule has 1 nitrogen and oxygen atoms in total. The predicted octanol–water partition coefficient (Wildman–Crippen LogP) is 3.85. The van der Waals surface area contributed by atoms with Crippen LogP contribution >= 0.6 is 12.6 Å². The number of hydrogen-bond donors (Lipinski definition) is 1. The van der Waals surface area contributed by atoms with Crippen LogP contribution in [0.3, 0.4) is 0 Å². The molecule has 0 spiro atoms. The molecule has 0 saturated carbocycles. The van der Waals surface area contributed by atoms with Gasteiger partial charge in [0.25, 0.3) is 0 Å². The van der Waals surface area contributed by atoms with E-state index in [9.17, 15) is 4.79 Å². The fourth-order valence-electron chi connectivity index (χ4n) is 1.80. The molecule has 17 heavy (non-hydrogen) atoms. The zero-order valence-electron chi connectivity index (χ0n) is 9.63. The van der Waals surface area contributed by atoms with Gasteiger partial charge in [0, 0.05) is 5.56 Å². The Bertz CT molecular complexity index is 519. The Morgan fingerprint density at radius 2 is 1.59 bits per heavy atom. The topological polar surface area (TPSA) is 17.1 Å². The lowest BCUT2D eigenvalue weighted by Crippen LogP contribution is -2.08. The molecule has 0 fully saturated rings. The lowest BCUT2D eigenvalue weighted by molar-refractivity contribution is 0.0990. The van der Waals surface area contributed by atoms with Crippen LogP contribution in [0, 0.1) is 6.92 Å². The lowest BCUT2D eigenvalue weighted by Gasteiger charge is -2.12. The highest BCUT2D eigenvalue weighted by molar-refractivity contribution is 7.81. The van der Waals surface area contributed by atoms with Crippen LogP contribution in [0.2, 0.25) is 0 Å². The first-order chi connectivity index (χ1) is 8.20. The monoisotopic (exact) mass is 242 g/mol. The molecule has 0 aromatic heterocycles. The highest BCUT2D eigenvalue weighted by Crippen LogP contribution is 2.26. The van der Waals surface area contributed by atoms with E-state index in [2.05, 4.69) is 12.6 Å². The van der Waals surface area contributed by atoms with Crippen LogP contribution in [0.1, 0.15) is 26.7 Å². The summed E-state index contributed by atoms with van der Waals surface area (Å²) in [5.41, 5.74) is 2.78. The first-order valence-electron chi connectivity index (χ1n) is 5.53. The molecule has 1 atom stereocenters. The molecule has 2 aromatic carbocycles. The second kappa shape index (κ2) is 5.19. The Morgan fingerprint density at radius 3 is 2.24 bits per heavy atom. The molecule has 86 valence electrons. The Labute approximate surface area is 107 Å². The summed E-state index contributed by atoms with van der Waals surface area (Å²) in [4.78, 5) is 12.2. The Hall–Kier alpha value is -1.54. The molecule has 2 heteroatoms. The van der Waals surface area contributed by atoms with Crippen LogP contribution in [-0.4, -0.2) is 5.78 Å². The van der Waals surface area contributed by atoms with Gasteiger partial charge in [0.1, 0.15) is 0 Å². The minimum absolute atomic E-state index is 0.0447. The Kier molecular flexibility index (Phi) is 3.64. The maximum atomic E-state index is 12.2. The third-order valence-electron chi connectivity index (χ3n) is 2.79. The molecule has 0 aliphatic rings. The van der Waals surface area contributed by atoms with Crippen molar-refractivity contribution >= 4 is 18.4 Å². The van der Waals surface area contributed by atoms with E-state index in [0.29, 0.717) is 5.56 Å². The first kappa shape index (κ1) is 11.9. The van der Waals surface area contributed by atoms with E-state index >= 15 is 0 Å². The highest BCUT2D eigenvalue weighted by Gasteiger charge is 2.18. The molecule has 0 radical (unpaired) electrons. The quantitative estimate of drug-likeness (QED) is 0.639. The average molecular weight is 242 g/mol. The van der Waals surface area contributed by atoms with E-state index in [-0.39, 0.29) is 5.78 Å². The van der Waals surface area contributed by atoms with Gasteiger partial charge in [0.15, 0.2) is 5.78 Å². The van der Waals surface area contributed by atoms with Gasteiger partial charge in [-0.05, 0) is 18.1 Å². The van der Waals surface area contributed by atoms with Crippen molar-refractivity contribution in [2.45, 2.75) is 12.2 Å². The summed E-state index contributed by atoms with van der Waals surface area (Å²) in [6.45, 7) is 2.00. The van der Waals surface area contributed by atoms with Gasteiger partial charge in [-0.1, -0.05) is 54.6 Å². The molecule has 2 rings (SSSR count).